The zero-order valence-electron chi connectivity index (χ0n) is 9.54. The van der Waals surface area contributed by atoms with Gasteiger partial charge in [0.15, 0.2) is 0 Å². The summed E-state index contributed by atoms with van der Waals surface area (Å²) in [6.45, 7) is 1.34. The van der Waals surface area contributed by atoms with Crippen LogP contribution in [0.2, 0.25) is 5.02 Å². The van der Waals surface area contributed by atoms with Gasteiger partial charge in [-0.2, -0.15) is 0 Å². The molecule has 0 N–H and O–H groups in total. The van der Waals surface area contributed by atoms with E-state index in [-0.39, 0.29) is 22.5 Å². The first-order chi connectivity index (χ1) is 8.63. The lowest BCUT2D eigenvalue weighted by Crippen LogP contribution is -2.49. The Kier molecular flexibility index (Phi) is 4.43. The number of morpholine rings is 1. The summed E-state index contributed by atoms with van der Waals surface area (Å²) in [6, 6.07) is 3.56. The quantitative estimate of drug-likeness (QED) is 0.784. The fourth-order valence-corrected chi connectivity index (χ4v) is 2.37. The molecule has 2 rings (SSSR count). The molecule has 3 nitrogen and oxygen atoms in total. The minimum Gasteiger partial charge on any atom is -0.377 e. The highest BCUT2D eigenvalue weighted by molar-refractivity contribution is 6.33. The summed E-state index contributed by atoms with van der Waals surface area (Å²) in [5.74, 6) is -0.411. The molecule has 1 aliphatic heterocycles. The summed E-state index contributed by atoms with van der Waals surface area (Å²) in [6.07, 6.45) is 0. The number of carbonyl (C=O) groups excluding carboxylic acids is 1. The van der Waals surface area contributed by atoms with Gasteiger partial charge in [0.2, 0.25) is 0 Å². The zero-order valence-corrected chi connectivity index (χ0v) is 11.0. The molecule has 6 heteroatoms. The maximum Gasteiger partial charge on any atom is 0.255 e. The molecular weight excluding hydrogens is 280 g/mol. The van der Waals surface area contributed by atoms with Crippen LogP contribution in [-0.2, 0) is 4.74 Å². The second kappa shape index (κ2) is 5.87. The van der Waals surface area contributed by atoms with E-state index < -0.39 is 5.82 Å². The molecular formula is C12H12Cl2FNO2. The highest BCUT2D eigenvalue weighted by Gasteiger charge is 2.28. The Morgan fingerprint density at radius 3 is 3.00 bits per heavy atom. The molecule has 1 heterocycles. The van der Waals surface area contributed by atoms with Gasteiger partial charge in [0, 0.05) is 12.4 Å². The minimum absolute atomic E-state index is 0.111. The van der Waals surface area contributed by atoms with E-state index in [1.54, 1.807) is 4.90 Å². The van der Waals surface area contributed by atoms with Gasteiger partial charge >= 0.3 is 0 Å². The van der Waals surface area contributed by atoms with Crippen LogP contribution >= 0.6 is 23.2 Å². The van der Waals surface area contributed by atoms with Crippen molar-refractivity contribution >= 4 is 29.1 Å². The normalized spacial score (nSPS) is 19.9. The molecule has 1 unspecified atom stereocenters. The summed E-state index contributed by atoms with van der Waals surface area (Å²) in [4.78, 5) is 13.9. The van der Waals surface area contributed by atoms with Crippen molar-refractivity contribution < 1.29 is 13.9 Å². The van der Waals surface area contributed by atoms with Crippen LogP contribution in [0.3, 0.4) is 0 Å². The summed E-state index contributed by atoms with van der Waals surface area (Å²) in [7, 11) is 0. The first kappa shape index (κ1) is 13.6. The summed E-state index contributed by atoms with van der Waals surface area (Å²) >= 11 is 11.7. The van der Waals surface area contributed by atoms with Gasteiger partial charge in [0.1, 0.15) is 5.82 Å². The summed E-state index contributed by atoms with van der Waals surface area (Å²) in [5, 5.41) is 0.111. The van der Waals surface area contributed by atoms with Gasteiger partial charge in [-0.25, -0.2) is 4.39 Å². The third-order valence-corrected chi connectivity index (χ3v) is 3.50. The average Bonchev–Trinajstić information content (AvgIpc) is 2.38. The van der Waals surface area contributed by atoms with Crippen molar-refractivity contribution in [3.8, 4) is 0 Å². The van der Waals surface area contributed by atoms with Crippen molar-refractivity contribution in [1.29, 1.82) is 0 Å². The Balaban J connectivity index is 2.24. The van der Waals surface area contributed by atoms with E-state index in [2.05, 4.69) is 0 Å². The molecule has 1 saturated heterocycles. The smallest absolute Gasteiger partial charge is 0.255 e. The number of nitrogens with zero attached hydrogens (tertiary/aromatic N) is 1. The molecule has 1 aliphatic rings. The van der Waals surface area contributed by atoms with Crippen LogP contribution in [0.1, 0.15) is 10.4 Å². The number of amides is 1. The van der Waals surface area contributed by atoms with Gasteiger partial charge in [-0.3, -0.25) is 4.79 Å². The van der Waals surface area contributed by atoms with Crippen LogP contribution in [0.15, 0.2) is 18.2 Å². The molecule has 1 aromatic carbocycles. The van der Waals surface area contributed by atoms with Gasteiger partial charge in [-0.1, -0.05) is 11.6 Å². The third-order valence-electron chi connectivity index (χ3n) is 2.83. The standard InChI is InChI=1S/C12H12Cl2FNO2/c13-6-9-7-18-4-3-16(9)12(17)10-2-1-8(15)5-11(10)14/h1-2,5,9H,3-4,6-7H2. The largest absolute Gasteiger partial charge is 0.377 e. The van der Waals surface area contributed by atoms with Crippen molar-refractivity contribution in [2.45, 2.75) is 6.04 Å². The number of halogens is 3. The summed E-state index contributed by atoms with van der Waals surface area (Å²) in [5.41, 5.74) is 0.287. The molecule has 0 aromatic heterocycles. The first-order valence-corrected chi connectivity index (χ1v) is 6.44. The topological polar surface area (TPSA) is 29.5 Å². The Morgan fingerprint density at radius 1 is 1.56 bits per heavy atom. The lowest BCUT2D eigenvalue weighted by Gasteiger charge is -2.34. The fourth-order valence-electron chi connectivity index (χ4n) is 1.87. The van der Waals surface area contributed by atoms with Crippen molar-refractivity contribution in [1.82, 2.24) is 4.90 Å². The Labute approximate surface area is 114 Å². The van der Waals surface area contributed by atoms with E-state index in [0.29, 0.717) is 25.6 Å². The van der Waals surface area contributed by atoms with Crippen LogP contribution in [0.4, 0.5) is 4.39 Å². The fraction of sp³-hybridized carbons (Fsp3) is 0.417. The van der Waals surface area contributed by atoms with Crippen molar-refractivity contribution in [3.05, 3.63) is 34.6 Å². The maximum atomic E-state index is 12.9. The second-order valence-corrected chi connectivity index (χ2v) is 4.72. The van der Waals surface area contributed by atoms with Gasteiger partial charge < -0.3 is 9.64 Å². The van der Waals surface area contributed by atoms with E-state index in [1.165, 1.54) is 12.1 Å². The highest BCUT2D eigenvalue weighted by Crippen LogP contribution is 2.21. The molecule has 0 aliphatic carbocycles. The van der Waals surface area contributed by atoms with Crippen molar-refractivity contribution in [2.75, 3.05) is 25.6 Å². The van der Waals surface area contributed by atoms with Crippen LogP contribution in [0, 0.1) is 5.82 Å². The third kappa shape index (κ3) is 2.76. The lowest BCUT2D eigenvalue weighted by molar-refractivity contribution is 0.00457. The minimum atomic E-state index is -0.465. The van der Waals surface area contributed by atoms with Crippen molar-refractivity contribution in [3.63, 3.8) is 0 Å². The highest BCUT2D eigenvalue weighted by atomic mass is 35.5. The van der Waals surface area contributed by atoms with Crippen LogP contribution < -0.4 is 0 Å². The predicted molar refractivity (Wildman–Crippen MR) is 67.8 cm³/mol. The number of rotatable bonds is 2. The summed E-state index contributed by atoms with van der Waals surface area (Å²) < 4.78 is 18.2. The monoisotopic (exact) mass is 291 g/mol. The van der Waals surface area contributed by atoms with E-state index >= 15 is 0 Å². The molecule has 0 bridgehead atoms. The van der Waals surface area contributed by atoms with Crippen LogP contribution in [0.25, 0.3) is 0 Å². The molecule has 1 aromatic rings. The molecule has 1 atom stereocenters. The van der Waals surface area contributed by atoms with E-state index in [1.807, 2.05) is 0 Å². The lowest BCUT2D eigenvalue weighted by atomic mass is 10.1. The Bertz CT molecular complexity index is 456. The molecule has 0 radical (unpaired) electrons. The molecule has 98 valence electrons. The van der Waals surface area contributed by atoms with Crippen molar-refractivity contribution in [2.24, 2.45) is 0 Å². The number of hydrogen-bond acceptors (Lipinski definition) is 2. The molecule has 1 amide bonds. The molecule has 18 heavy (non-hydrogen) atoms. The number of alkyl halides is 1. The SMILES string of the molecule is O=C(c1ccc(F)cc1Cl)N1CCOCC1CCl. The van der Waals surface area contributed by atoms with Gasteiger partial charge in [-0.15, -0.1) is 11.6 Å². The number of hydrogen-bond donors (Lipinski definition) is 0. The second-order valence-electron chi connectivity index (χ2n) is 4.01. The number of benzene rings is 1. The van der Waals surface area contributed by atoms with E-state index in [9.17, 15) is 9.18 Å². The number of carbonyl (C=O) groups is 1. The maximum absolute atomic E-state index is 12.9. The molecule has 1 fully saturated rings. The average molecular weight is 292 g/mol. The Morgan fingerprint density at radius 2 is 2.33 bits per heavy atom. The predicted octanol–water partition coefficient (Wildman–Crippen LogP) is 2.56. The van der Waals surface area contributed by atoms with E-state index in [4.69, 9.17) is 27.9 Å². The Hall–Kier alpha value is -0.840. The zero-order chi connectivity index (χ0) is 13.1. The molecule has 0 saturated carbocycles. The first-order valence-electron chi connectivity index (χ1n) is 5.53. The van der Waals surface area contributed by atoms with Gasteiger partial charge in [0.05, 0.1) is 29.8 Å². The van der Waals surface area contributed by atoms with Gasteiger partial charge in [0.25, 0.3) is 5.91 Å². The van der Waals surface area contributed by atoms with E-state index in [0.717, 1.165) is 6.07 Å². The van der Waals surface area contributed by atoms with Crippen LogP contribution in [0.5, 0.6) is 0 Å². The van der Waals surface area contributed by atoms with Crippen LogP contribution in [-0.4, -0.2) is 42.5 Å². The molecule has 0 spiro atoms. The van der Waals surface area contributed by atoms with Gasteiger partial charge in [-0.05, 0) is 18.2 Å². The number of ether oxygens (including phenoxy) is 1.